The van der Waals surface area contributed by atoms with E-state index in [1.165, 1.54) is 34.8 Å². The van der Waals surface area contributed by atoms with Gasteiger partial charge in [-0.25, -0.2) is 8.42 Å². The van der Waals surface area contributed by atoms with E-state index < -0.39 is 10.0 Å². The first kappa shape index (κ1) is 22.1. The van der Waals surface area contributed by atoms with Crippen LogP contribution in [0.3, 0.4) is 0 Å². The SMILES string of the molecule is O=C(Nc1ccccc1Cc1nc(-c2ccco2)no1)c1ccc(S(=O)(=O)N2CCCC2)cc1. The van der Waals surface area contributed by atoms with Crippen molar-refractivity contribution in [1.82, 2.24) is 14.4 Å². The molecule has 1 aliphatic heterocycles. The number of carbonyl (C=O) groups is 1. The third kappa shape index (κ3) is 4.50. The highest BCUT2D eigenvalue weighted by Gasteiger charge is 2.27. The van der Waals surface area contributed by atoms with E-state index in [-0.39, 0.29) is 10.8 Å². The summed E-state index contributed by atoms with van der Waals surface area (Å²) in [6.45, 7) is 1.06. The molecule has 5 rings (SSSR count). The minimum absolute atomic E-state index is 0.190. The fourth-order valence-corrected chi connectivity index (χ4v) is 5.36. The molecule has 1 saturated heterocycles. The van der Waals surface area contributed by atoms with Crippen molar-refractivity contribution in [3.05, 3.63) is 83.9 Å². The fourth-order valence-electron chi connectivity index (χ4n) is 3.84. The Morgan fingerprint density at radius 2 is 1.76 bits per heavy atom. The van der Waals surface area contributed by atoms with Gasteiger partial charge in [0.2, 0.25) is 21.7 Å². The van der Waals surface area contributed by atoms with Crippen LogP contribution < -0.4 is 5.32 Å². The number of nitrogens with zero attached hydrogens (tertiary/aromatic N) is 3. The van der Waals surface area contributed by atoms with Crippen LogP contribution in [0.25, 0.3) is 11.6 Å². The summed E-state index contributed by atoms with van der Waals surface area (Å²) < 4.78 is 37.5. The molecule has 1 amide bonds. The second kappa shape index (κ2) is 9.24. The Bertz CT molecular complexity index is 1390. The Hall–Kier alpha value is -3.76. The van der Waals surface area contributed by atoms with E-state index in [4.69, 9.17) is 8.94 Å². The number of hydrogen-bond acceptors (Lipinski definition) is 7. The van der Waals surface area contributed by atoms with Crippen molar-refractivity contribution >= 4 is 21.6 Å². The van der Waals surface area contributed by atoms with Gasteiger partial charge < -0.3 is 14.3 Å². The topological polar surface area (TPSA) is 119 Å². The summed E-state index contributed by atoms with van der Waals surface area (Å²) in [5.41, 5.74) is 1.74. The van der Waals surface area contributed by atoms with Gasteiger partial charge >= 0.3 is 0 Å². The average Bonchev–Trinajstić information content (AvgIpc) is 3.63. The Labute approximate surface area is 196 Å². The quantitative estimate of drug-likeness (QED) is 0.427. The summed E-state index contributed by atoms with van der Waals surface area (Å²) in [5.74, 6) is 0.890. The van der Waals surface area contributed by atoms with Gasteiger partial charge in [0.05, 0.1) is 17.6 Å². The second-order valence-corrected chi connectivity index (χ2v) is 9.85. The Morgan fingerprint density at radius 3 is 2.50 bits per heavy atom. The van der Waals surface area contributed by atoms with E-state index in [9.17, 15) is 13.2 Å². The minimum atomic E-state index is -3.52. The smallest absolute Gasteiger partial charge is 0.255 e. The lowest BCUT2D eigenvalue weighted by Gasteiger charge is -2.15. The predicted molar refractivity (Wildman–Crippen MR) is 124 cm³/mol. The average molecular weight is 479 g/mol. The van der Waals surface area contributed by atoms with Gasteiger partial charge in [0, 0.05) is 24.3 Å². The molecule has 2 aromatic carbocycles. The molecular weight excluding hydrogens is 456 g/mol. The first-order valence-corrected chi connectivity index (χ1v) is 12.3. The molecule has 1 fully saturated rings. The number of para-hydroxylation sites is 1. The lowest BCUT2D eigenvalue weighted by Crippen LogP contribution is -2.27. The fraction of sp³-hybridized carbons (Fsp3) is 0.208. The monoisotopic (exact) mass is 478 g/mol. The lowest BCUT2D eigenvalue weighted by atomic mass is 10.1. The van der Waals surface area contributed by atoms with Crippen LogP contribution in [0.1, 0.15) is 34.7 Å². The highest BCUT2D eigenvalue weighted by Crippen LogP contribution is 2.23. The number of aromatic nitrogens is 2. The largest absolute Gasteiger partial charge is 0.461 e. The van der Waals surface area contributed by atoms with E-state index >= 15 is 0 Å². The summed E-state index contributed by atoms with van der Waals surface area (Å²) in [5, 5.41) is 6.82. The molecule has 34 heavy (non-hydrogen) atoms. The van der Waals surface area contributed by atoms with Crippen molar-refractivity contribution in [3.63, 3.8) is 0 Å². The number of carbonyl (C=O) groups excluding carboxylic acids is 1. The van der Waals surface area contributed by atoms with Gasteiger partial charge in [-0.1, -0.05) is 23.4 Å². The number of hydrogen-bond donors (Lipinski definition) is 1. The van der Waals surface area contributed by atoms with Gasteiger partial charge in [0.1, 0.15) is 0 Å². The molecule has 0 unspecified atom stereocenters. The molecule has 0 atom stereocenters. The van der Waals surface area contributed by atoms with Crippen LogP contribution in [0.4, 0.5) is 5.69 Å². The van der Waals surface area contributed by atoms with E-state index in [1.807, 2.05) is 18.2 Å². The normalized spacial score (nSPS) is 14.4. The van der Waals surface area contributed by atoms with Crippen LogP contribution in [0.5, 0.6) is 0 Å². The molecule has 2 aromatic heterocycles. The molecule has 4 aromatic rings. The number of amides is 1. The van der Waals surface area contributed by atoms with Crippen LogP contribution >= 0.6 is 0 Å². The third-order valence-electron chi connectivity index (χ3n) is 5.64. The van der Waals surface area contributed by atoms with Gasteiger partial charge in [-0.2, -0.15) is 9.29 Å². The van der Waals surface area contributed by atoms with Crippen molar-refractivity contribution in [2.24, 2.45) is 0 Å². The number of anilines is 1. The molecule has 0 radical (unpaired) electrons. The Morgan fingerprint density at radius 1 is 1.00 bits per heavy atom. The van der Waals surface area contributed by atoms with Crippen LogP contribution in [0.15, 0.2) is 80.8 Å². The van der Waals surface area contributed by atoms with Crippen molar-refractivity contribution in [1.29, 1.82) is 0 Å². The molecule has 0 aliphatic carbocycles. The highest BCUT2D eigenvalue weighted by molar-refractivity contribution is 7.89. The second-order valence-electron chi connectivity index (χ2n) is 7.91. The molecule has 3 heterocycles. The van der Waals surface area contributed by atoms with Crippen LogP contribution in [-0.4, -0.2) is 41.9 Å². The molecule has 0 saturated carbocycles. The Balaban J connectivity index is 1.30. The first-order chi connectivity index (χ1) is 16.5. The molecule has 0 bridgehead atoms. The van der Waals surface area contributed by atoms with Gasteiger partial charge in [0.25, 0.3) is 5.91 Å². The first-order valence-electron chi connectivity index (χ1n) is 10.9. The minimum Gasteiger partial charge on any atom is -0.461 e. The maximum atomic E-state index is 12.9. The summed E-state index contributed by atoms with van der Waals surface area (Å²) in [6.07, 6.45) is 3.58. The molecular formula is C24H22N4O5S. The summed E-state index contributed by atoms with van der Waals surface area (Å²) in [4.78, 5) is 17.4. The van der Waals surface area contributed by atoms with Gasteiger partial charge in [0.15, 0.2) is 5.76 Å². The predicted octanol–water partition coefficient (Wildman–Crippen LogP) is 3.96. The van der Waals surface area contributed by atoms with Gasteiger partial charge in [-0.15, -0.1) is 0 Å². The zero-order valence-corrected chi connectivity index (χ0v) is 19.0. The number of benzene rings is 2. The Kier molecular flexibility index (Phi) is 5.99. The molecule has 9 nitrogen and oxygen atoms in total. The van der Waals surface area contributed by atoms with E-state index in [0.717, 1.165) is 18.4 Å². The molecule has 1 aliphatic rings. The maximum Gasteiger partial charge on any atom is 0.255 e. The summed E-state index contributed by atoms with van der Waals surface area (Å²) >= 11 is 0. The zero-order chi connectivity index (χ0) is 23.5. The molecule has 10 heteroatoms. The van der Waals surface area contributed by atoms with Crippen molar-refractivity contribution in [3.8, 4) is 11.6 Å². The number of rotatable bonds is 7. The molecule has 0 spiro atoms. The molecule has 174 valence electrons. The van der Waals surface area contributed by atoms with Crippen LogP contribution in [-0.2, 0) is 16.4 Å². The third-order valence-corrected chi connectivity index (χ3v) is 7.55. The van der Waals surface area contributed by atoms with Gasteiger partial charge in [-0.3, -0.25) is 4.79 Å². The van der Waals surface area contributed by atoms with Crippen molar-refractivity contribution in [2.45, 2.75) is 24.2 Å². The van der Waals surface area contributed by atoms with Crippen LogP contribution in [0.2, 0.25) is 0 Å². The maximum absolute atomic E-state index is 12.9. The van der Waals surface area contributed by atoms with Crippen molar-refractivity contribution in [2.75, 3.05) is 18.4 Å². The number of sulfonamides is 1. The van der Waals surface area contributed by atoms with E-state index in [2.05, 4.69) is 15.5 Å². The lowest BCUT2D eigenvalue weighted by molar-refractivity contribution is 0.102. The number of nitrogens with one attached hydrogen (secondary N) is 1. The number of furan rings is 1. The zero-order valence-electron chi connectivity index (χ0n) is 18.2. The van der Waals surface area contributed by atoms with Gasteiger partial charge in [-0.05, 0) is 60.9 Å². The summed E-state index contributed by atoms with van der Waals surface area (Å²) in [7, 11) is -3.52. The van der Waals surface area contributed by atoms with Crippen molar-refractivity contribution < 1.29 is 22.2 Å². The summed E-state index contributed by atoms with van der Waals surface area (Å²) in [6, 6.07) is 16.8. The standard InChI is InChI=1S/C24H22N4O5S/c29-24(17-9-11-19(12-10-17)34(30,31)28-13-3-4-14-28)25-20-7-2-1-6-18(20)16-22-26-23(27-33-22)21-8-5-15-32-21/h1-2,5-12,15H,3-4,13-14,16H2,(H,25,29). The van der Waals surface area contributed by atoms with E-state index in [1.54, 1.807) is 18.2 Å². The van der Waals surface area contributed by atoms with Crippen LogP contribution in [0, 0.1) is 0 Å². The molecule has 1 N–H and O–H groups in total. The highest BCUT2D eigenvalue weighted by atomic mass is 32.2. The van der Waals surface area contributed by atoms with E-state index in [0.29, 0.717) is 48.2 Å².